The first kappa shape index (κ1) is 24.5. The van der Waals surface area contributed by atoms with Crippen LogP contribution in [0.25, 0.3) is 10.9 Å². The molecule has 3 atom stereocenters. The molecule has 180 valence electrons. The van der Waals surface area contributed by atoms with Crippen LogP contribution in [-0.4, -0.2) is 71.9 Å². The number of nitrogens with zero attached hydrogens (tertiary/aromatic N) is 3. The Bertz CT molecular complexity index is 1060. The van der Waals surface area contributed by atoms with E-state index in [2.05, 4.69) is 4.98 Å². The lowest BCUT2D eigenvalue weighted by molar-refractivity contribution is -0.164. The van der Waals surface area contributed by atoms with Gasteiger partial charge < -0.3 is 23.8 Å². The number of aryl methyl sites for hydroxylation is 1. The molecule has 0 radical (unpaired) electrons. The number of aromatic nitrogens is 2. The van der Waals surface area contributed by atoms with E-state index in [-0.39, 0.29) is 36.6 Å². The van der Waals surface area contributed by atoms with Crippen molar-refractivity contribution in [3.05, 3.63) is 28.8 Å². The lowest BCUT2D eigenvalue weighted by atomic mass is 10.2. The van der Waals surface area contributed by atoms with Crippen LogP contribution in [-0.2, 0) is 25.6 Å². The summed E-state index contributed by atoms with van der Waals surface area (Å²) in [5, 5.41) is 0.394. The van der Waals surface area contributed by atoms with Crippen LogP contribution in [0.3, 0.4) is 0 Å². The molecule has 1 aromatic carbocycles. The molecule has 1 saturated heterocycles. The van der Waals surface area contributed by atoms with Crippen molar-refractivity contribution >= 4 is 22.8 Å². The summed E-state index contributed by atoms with van der Waals surface area (Å²) in [7, 11) is 3.01. The SMILES string of the molecule is COc1cc2ncn(CCCC(=O)OC(C)C(=O)N3CC(C)OC(C)C3)c(=O)c2cc1OC. The summed E-state index contributed by atoms with van der Waals surface area (Å²) in [4.78, 5) is 43.7. The van der Waals surface area contributed by atoms with Gasteiger partial charge in [-0.2, -0.15) is 0 Å². The third-order valence-corrected chi connectivity index (χ3v) is 5.50. The summed E-state index contributed by atoms with van der Waals surface area (Å²) in [6.07, 6.45) is 0.887. The Kier molecular flexibility index (Phi) is 7.91. The molecular formula is C23H31N3O7. The fourth-order valence-electron chi connectivity index (χ4n) is 3.96. The van der Waals surface area contributed by atoms with Gasteiger partial charge in [0.2, 0.25) is 0 Å². The minimum absolute atomic E-state index is 0.0597. The molecule has 1 aliphatic heterocycles. The van der Waals surface area contributed by atoms with Gasteiger partial charge in [0.1, 0.15) is 0 Å². The Hall–Kier alpha value is -3.14. The summed E-state index contributed by atoms with van der Waals surface area (Å²) in [6, 6.07) is 3.24. The van der Waals surface area contributed by atoms with Crippen molar-refractivity contribution < 1.29 is 28.5 Å². The predicted molar refractivity (Wildman–Crippen MR) is 120 cm³/mol. The number of carbonyl (C=O) groups is 2. The molecule has 2 aromatic rings. The Balaban J connectivity index is 1.56. The molecule has 3 unspecified atom stereocenters. The fraction of sp³-hybridized carbons (Fsp3) is 0.565. The number of fused-ring (bicyclic) bond motifs is 1. The molecule has 10 heteroatoms. The number of ether oxygens (including phenoxy) is 4. The molecule has 3 rings (SSSR count). The molecular weight excluding hydrogens is 430 g/mol. The molecule has 1 aromatic heterocycles. The number of amides is 1. The minimum Gasteiger partial charge on any atom is -0.493 e. The molecule has 33 heavy (non-hydrogen) atoms. The lowest BCUT2D eigenvalue weighted by Gasteiger charge is -2.36. The highest BCUT2D eigenvalue weighted by molar-refractivity contribution is 5.83. The molecule has 0 N–H and O–H groups in total. The number of hydrogen-bond donors (Lipinski definition) is 0. The van der Waals surface area contributed by atoms with Crippen LogP contribution >= 0.6 is 0 Å². The van der Waals surface area contributed by atoms with Crippen molar-refractivity contribution in [3.63, 3.8) is 0 Å². The maximum absolute atomic E-state index is 12.8. The van der Waals surface area contributed by atoms with Gasteiger partial charge in [0.15, 0.2) is 17.6 Å². The molecule has 10 nitrogen and oxygen atoms in total. The first-order chi connectivity index (χ1) is 15.7. The van der Waals surface area contributed by atoms with Gasteiger partial charge in [-0.1, -0.05) is 0 Å². The van der Waals surface area contributed by atoms with Crippen LogP contribution in [0.2, 0.25) is 0 Å². The number of morpholine rings is 1. The van der Waals surface area contributed by atoms with E-state index in [4.69, 9.17) is 18.9 Å². The van der Waals surface area contributed by atoms with Gasteiger partial charge in [0.25, 0.3) is 11.5 Å². The van der Waals surface area contributed by atoms with Gasteiger partial charge in [-0.25, -0.2) is 4.98 Å². The smallest absolute Gasteiger partial charge is 0.306 e. The van der Waals surface area contributed by atoms with E-state index >= 15 is 0 Å². The average Bonchev–Trinajstić information content (AvgIpc) is 2.78. The van der Waals surface area contributed by atoms with E-state index in [1.54, 1.807) is 24.0 Å². The molecule has 0 aliphatic carbocycles. The summed E-state index contributed by atoms with van der Waals surface area (Å²) in [6.45, 7) is 6.61. The molecule has 0 spiro atoms. The second kappa shape index (κ2) is 10.7. The number of carbonyl (C=O) groups excluding carboxylic acids is 2. The molecule has 1 fully saturated rings. The van der Waals surface area contributed by atoms with Gasteiger partial charge in [0, 0.05) is 32.1 Å². The predicted octanol–water partition coefficient (Wildman–Crippen LogP) is 1.76. The highest BCUT2D eigenvalue weighted by Gasteiger charge is 2.30. The van der Waals surface area contributed by atoms with Crippen LogP contribution in [0.4, 0.5) is 0 Å². The largest absolute Gasteiger partial charge is 0.493 e. The summed E-state index contributed by atoms with van der Waals surface area (Å²) >= 11 is 0. The zero-order valence-corrected chi connectivity index (χ0v) is 19.7. The van der Waals surface area contributed by atoms with Gasteiger partial charge in [-0.05, 0) is 33.3 Å². The zero-order chi connectivity index (χ0) is 24.1. The Labute approximate surface area is 192 Å². The average molecular weight is 462 g/mol. The third kappa shape index (κ3) is 5.81. The number of esters is 1. The van der Waals surface area contributed by atoms with E-state index < -0.39 is 12.1 Å². The lowest BCUT2D eigenvalue weighted by Crippen LogP contribution is -2.51. The second-order valence-corrected chi connectivity index (χ2v) is 8.20. The van der Waals surface area contributed by atoms with Gasteiger partial charge in [0.05, 0.1) is 43.7 Å². The van der Waals surface area contributed by atoms with Crippen molar-refractivity contribution in [1.82, 2.24) is 14.5 Å². The Morgan fingerprint density at radius 1 is 1.15 bits per heavy atom. The maximum Gasteiger partial charge on any atom is 0.306 e. The van der Waals surface area contributed by atoms with Gasteiger partial charge in [-0.15, -0.1) is 0 Å². The van der Waals surface area contributed by atoms with E-state index in [0.717, 1.165) is 0 Å². The quantitative estimate of drug-likeness (QED) is 0.547. The summed E-state index contributed by atoms with van der Waals surface area (Å²) in [5.74, 6) is 0.207. The highest BCUT2D eigenvalue weighted by Crippen LogP contribution is 2.29. The standard InChI is InChI=1S/C23H31N3O7/c1-14-11-26(12-15(2)32-14)22(28)16(3)33-21(27)7-6-8-25-13-24-18-10-20(31-5)19(30-4)9-17(18)23(25)29/h9-10,13-16H,6-8,11-12H2,1-5H3. The van der Waals surface area contributed by atoms with Crippen LogP contribution in [0.5, 0.6) is 11.5 Å². The van der Waals surface area contributed by atoms with Crippen LogP contribution < -0.4 is 15.0 Å². The van der Waals surface area contributed by atoms with Crippen LogP contribution in [0.1, 0.15) is 33.6 Å². The van der Waals surface area contributed by atoms with Crippen LogP contribution in [0, 0.1) is 0 Å². The van der Waals surface area contributed by atoms with E-state index in [0.29, 0.717) is 41.9 Å². The van der Waals surface area contributed by atoms with Crippen molar-refractivity contribution in [1.29, 1.82) is 0 Å². The molecule has 1 aliphatic rings. The van der Waals surface area contributed by atoms with Crippen LogP contribution in [0.15, 0.2) is 23.3 Å². The Morgan fingerprint density at radius 3 is 2.42 bits per heavy atom. The van der Waals surface area contributed by atoms with Gasteiger partial charge in [-0.3, -0.25) is 19.0 Å². The van der Waals surface area contributed by atoms with Gasteiger partial charge >= 0.3 is 5.97 Å². The number of hydrogen-bond acceptors (Lipinski definition) is 8. The topological polar surface area (TPSA) is 109 Å². The normalized spacial score (nSPS) is 19.2. The fourth-order valence-corrected chi connectivity index (χ4v) is 3.96. The van der Waals surface area contributed by atoms with Crippen molar-refractivity contribution in [2.75, 3.05) is 27.3 Å². The monoisotopic (exact) mass is 461 g/mol. The van der Waals surface area contributed by atoms with E-state index in [1.165, 1.54) is 25.1 Å². The summed E-state index contributed by atoms with van der Waals surface area (Å²) in [5.41, 5.74) is 0.251. The number of rotatable bonds is 8. The highest BCUT2D eigenvalue weighted by atomic mass is 16.5. The van der Waals surface area contributed by atoms with E-state index in [1.807, 2.05) is 13.8 Å². The molecule has 1 amide bonds. The maximum atomic E-state index is 12.8. The first-order valence-corrected chi connectivity index (χ1v) is 11.0. The second-order valence-electron chi connectivity index (χ2n) is 8.20. The minimum atomic E-state index is -0.873. The zero-order valence-electron chi connectivity index (χ0n) is 19.7. The number of methoxy groups -OCH3 is 2. The molecule has 2 heterocycles. The Morgan fingerprint density at radius 2 is 1.79 bits per heavy atom. The summed E-state index contributed by atoms with van der Waals surface area (Å²) < 4.78 is 22.9. The number of benzene rings is 1. The van der Waals surface area contributed by atoms with Crippen molar-refractivity contribution in [2.45, 2.75) is 58.5 Å². The molecule has 0 saturated carbocycles. The first-order valence-electron chi connectivity index (χ1n) is 11.0. The van der Waals surface area contributed by atoms with Crippen molar-refractivity contribution in [3.8, 4) is 11.5 Å². The third-order valence-electron chi connectivity index (χ3n) is 5.50. The van der Waals surface area contributed by atoms with E-state index in [9.17, 15) is 14.4 Å². The van der Waals surface area contributed by atoms with Crippen molar-refractivity contribution in [2.24, 2.45) is 0 Å². The molecule has 0 bridgehead atoms.